The van der Waals surface area contributed by atoms with Gasteiger partial charge in [-0.3, -0.25) is 9.59 Å². The number of aryl methyl sites for hydroxylation is 2. The lowest BCUT2D eigenvalue weighted by Crippen LogP contribution is -2.39. The van der Waals surface area contributed by atoms with Gasteiger partial charge in [-0.25, -0.2) is 4.57 Å². The Morgan fingerprint density at radius 3 is 1.59 bits per heavy atom. The molecule has 3 aromatic rings. The maximum Gasteiger partial charge on any atom is 0.233 e. The number of benzene rings is 2. The Hall–Kier alpha value is -4.41. The van der Waals surface area contributed by atoms with Crippen LogP contribution in [0.3, 0.4) is 0 Å². The molecule has 8 nitrogen and oxygen atoms in total. The number of aromatic nitrogens is 1. The minimum Gasteiger partial charge on any atom is -0.389 e. The molecular weight excluding hydrogens is 757 g/mol. The van der Waals surface area contributed by atoms with Gasteiger partial charge in [0.15, 0.2) is 11.4 Å². The van der Waals surface area contributed by atoms with Gasteiger partial charge in [-0.1, -0.05) is 83.2 Å². The quantitative estimate of drug-likeness (QED) is 0.0419. The first-order chi connectivity index (χ1) is 27.8. The molecule has 0 aliphatic rings. The molecule has 10 heteroatoms. The zero-order chi connectivity index (χ0) is 42.5. The number of nitrogens with one attached hydrogen (secondary N) is 1. The van der Waals surface area contributed by atoms with Gasteiger partial charge in [0.1, 0.15) is 6.54 Å². The van der Waals surface area contributed by atoms with Gasteiger partial charge in [0.25, 0.3) is 0 Å². The molecule has 0 atom stereocenters. The van der Waals surface area contributed by atoms with Gasteiger partial charge in [-0.15, -0.1) is 0 Å². The summed E-state index contributed by atoms with van der Waals surface area (Å²) in [6.07, 6.45) is 15.8. The van der Waals surface area contributed by atoms with Crippen LogP contribution in [0.4, 0.5) is 11.4 Å². The van der Waals surface area contributed by atoms with Crippen molar-refractivity contribution in [3.63, 3.8) is 0 Å². The van der Waals surface area contributed by atoms with Crippen molar-refractivity contribution in [3.05, 3.63) is 118 Å². The van der Waals surface area contributed by atoms with Crippen LogP contribution in [0.15, 0.2) is 90.2 Å². The third kappa shape index (κ3) is 16.8. The highest BCUT2D eigenvalue weighted by Crippen LogP contribution is 2.22. The lowest BCUT2D eigenvalue weighted by molar-refractivity contribution is -0.705. The summed E-state index contributed by atoms with van der Waals surface area (Å²) in [7, 11) is 10.8. The van der Waals surface area contributed by atoms with Crippen LogP contribution >= 0.6 is 21.6 Å². The maximum atomic E-state index is 12.8. The lowest BCUT2D eigenvalue weighted by Gasteiger charge is -2.22. The Bertz CT molecular complexity index is 1830. The number of rotatable bonds is 24. The van der Waals surface area contributed by atoms with E-state index in [2.05, 4.69) is 172 Å². The van der Waals surface area contributed by atoms with E-state index in [1.165, 1.54) is 44.1 Å². The third-order valence-corrected chi connectivity index (χ3v) is 12.2. The Morgan fingerprint density at radius 2 is 1.14 bits per heavy atom. The first kappa shape index (κ1) is 48.0. The minimum absolute atomic E-state index is 0.0854. The van der Waals surface area contributed by atoms with Crippen molar-refractivity contribution in [3.8, 4) is 0 Å². The van der Waals surface area contributed by atoms with Gasteiger partial charge in [0.2, 0.25) is 11.8 Å². The van der Waals surface area contributed by atoms with Crippen LogP contribution in [0.2, 0.25) is 0 Å². The maximum absolute atomic E-state index is 12.8. The first-order valence-electron chi connectivity index (χ1n) is 20.7. The van der Waals surface area contributed by atoms with Gasteiger partial charge in [-0.2, -0.15) is 0 Å². The fourth-order valence-corrected chi connectivity index (χ4v) is 8.52. The molecule has 0 saturated carbocycles. The highest BCUT2D eigenvalue weighted by molar-refractivity contribution is 8.77. The smallest absolute Gasteiger partial charge is 0.233 e. The lowest BCUT2D eigenvalue weighted by atomic mass is 10.1. The molecule has 2 aromatic carbocycles. The molecule has 2 amide bonds. The van der Waals surface area contributed by atoms with E-state index in [1.54, 1.807) is 9.80 Å². The first-order valence-corrected chi connectivity index (χ1v) is 23.2. The Morgan fingerprint density at radius 1 is 0.672 bits per heavy atom. The number of carbonyl (C=O) groups is 2. The molecular formula is C48H69N6O2S2+. The third-order valence-electron chi connectivity index (χ3n) is 10.1. The van der Waals surface area contributed by atoms with Crippen LogP contribution in [-0.4, -0.2) is 94.0 Å². The van der Waals surface area contributed by atoms with Crippen molar-refractivity contribution in [1.29, 1.82) is 0 Å². The van der Waals surface area contributed by atoms with Crippen molar-refractivity contribution in [1.82, 2.24) is 15.1 Å². The average molecular weight is 826 g/mol. The van der Waals surface area contributed by atoms with E-state index in [0.29, 0.717) is 24.6 Å². The largest absolute Gasteiger partial charge is 0.389 e. The molecule has 1 heterocycles. The number of nitrogens with zero attached hydrogens (tertiary/aromatic N) is 5. The molecule has 314 valence electrons. The molecule has 0 aliphatic carbocycles. The van der Waals surface area contributed by atoms with Gasteiger partial charge in [0.05, 0.1) is 11.5 Å². The second kappa shape index (κ2) is 25.8. The minimum atomic E-state index is 0.0854. The molecule has 0 bridgehead atoms. The molecule has 0 spiro atoms. The summed E-state index contributed by atoms with van der Waals surface area (Å²) < 4.78 is 2.31. The number of amides is 2. The summed E-state index contributed by atoms with van der Waals surface area (Å²) >= 11 is 0. The summed E-state index contributed by atoms with van der Waals surface area (Å²) in [4.78, 5) is 33.6. The molecule has 0 saturated heterocycles. The molecule has 3 rings (SSSR count). The Kier molecular flexibility index (Phi) is 21.4. The van der Waals surface area contributed by atoms with Gasteiger partial charge >= 0.3 is 0 Å². The summed E-state index contributed by atoms with van der Waals surface area (Å²) in [5.74, 6) is 0.879. The average Bonchev–Trinajstić information content (AvgIpc) is 3.20. The van der Waals surface area contributed by atoms with Crippen molar-refractivity contribution in [2.24, 2.45) is 0 Å². The fraction of sp³-hybridized carbons (Fsp3) is 0.438. The number of hydrogen-bond acceptors (Lipinski definition) is 7. The highest BCUT2D eigenvalue weighted by atomic mass is 33.1. The van der Waals surface area contributed by atoms with E-state index < -0.39 is 0 Å². The van der Waals surface area contributed by atoms with Gasteiger partial charge in [-0.05, 0) is 92.6 Å². The number of pyridine rings is 1. The molecule has 0 radical (unpaired) electrons. The van der Waals surface area contributed by atoms with E-state index in [9.17, 15) is 9.59 Å². The number of carbonyl (C=O) groups excluding carboxylic acids is 2. The second-order valence-corrected chi connectivity index (χ2v) is 17.3. The van der Waals surface area contributed by atoms with E-state index in [0.717, 1.165) is 73.6 Å². The predicted octanol–water partition coefficient (Wildman–Crippen LogP) is 9.30. The van der Waals surface area contributed by atoms with E-state index in [-0.39, 0.29) is 11.8 Å². The number of anilines is 2. The van der Waals surface area contributed by atoms with Crippen molar-refractivity contribution in [2.45, 2.75) is 67.3 Å². The SMILES string of the molecule is CCC=C(C=Cc1ccc(N(C)CCCN(C)C(=O)CSSCC(=O)N(C)CCCN(C)c2ccc(C=Cc3cc(C)[n+](CC)c(C)c3)cc2)cc1)C=C(C)NCC. The van der Waals surface area contributed by atoms with Crippen LogP contribution < -0.4 is 19.7 Å². The van der Waals surface area contributed by atoms with E-state index in [4.69, 9.17) is 0 Å². The summed E-state index contributed by atoms with van der Waals surface area (Å²) in [6, 6.07) is 21.6. The van der Waals surface area contributed by atoms with Crippen LogP contribution in [-0.2, 0) is 16.1 Å². The van der Waals surface area contributed by atoms with Gasteiger partial charge in [0, 0.05) is 104 Å². The number of hydrogen-bond donors (Lipinski definition) is 1. The molecule has 0 unspecified atom stereocenters. The molecule has 0 fully saturated rings. The Labute approximate surface area is 358 Å². The van der Waals surface area contributed by atoms with Crippen LogP contribution in [0.25, 0.3) is 18.2 Å². The monoisotopic (exact) mass is 825 g/mol. The normalized spacial score (nSPS) is 12.0. The van der Waals surface area contributed by atoms with E-state index in [1.807, 2.05) is 14.1 Å². The molecule has 1 aromatic heterocycles. The van der Waals surface area contributed by atoms with Crippen molar-refractivity contribution >= 4 is 63.0 Å². The molecule has 0 aliphatic heterocycles. The highest BCUT2D eigenvalue weighted by Gasteiger charge is 2.13. The Balaban J connectivity index is 1.30. The number of allylic oxidation sites excluding steroid dienone is 5. The molecule has 1 N–H and O–H groups in total. The fourth-order valence-electron chi connectivity index (χ4n) is 6.61. The van der Waals surface area contributed by atoms with E-state index >= 15 is 0 Å². The van der Waals surface area contributed by atoms with Gasteiger partial charge < -0.3 is 24.9 Å². The van der Waals surface area contributed by atoms with Crippen molar-refractivity contribution < 1.29 is 14.2 Å². The topological polar surface area (TPSA) is 63.0 Å². The van der Waals surface area contributed by atoms with Crippen LogP contribution in [0, 0.1) is 13.8 Å². The second-order valence-electron chi connectivity index (χ2n) is 14.8. The summed E-state index contributed by atoms with van der Waals surface area (Å²) in [5.41, 5.74) is 10.7. The molecule has 58 heavy (non-hydrogen) atoms. The predicted molar refractivity (Wildman–Crippen MR) is 254 cm³/mol. The van der Waals surface area contributed by atoms with Crippen LogP contribution in [0.1, 0.15) is 75.0 Å². The zero-order valence-corrected chi connectivity index (χ0v) is 38.5. The zero-order valence-electron chi connectivity index (χ0n) is 36.9. The summed E-state index contributed by atoms with van der Waals surface area (Å²) in [5, 5.41) is 3.36. The van der Waals surface area contributed by atoms with Crippen molar-refractivity contribution in [2.75, 3.05) is 82.2 Å². The summed E-state index contributed by atoms with van der Waals surface area (Å²) in [6.45, 7) is 17.8. The standard InChI is InChI=1S/C48H69N6O2S2/c1-11-16-43(33-38(4)49-12-2)19-17-41-21-25-45(26-22-41)50(7)29-14-31-52(9)47(55)36-57-58-37-48(56)53(10)32-15-30-51(8)46-27-23-42(24-28-46)18-20-44-34-39(5)54(13-3)40(6)35-44/h16-28,33-35,49H,11-15,29-32,36-37H2,1-10H3/q+1. The van der Waals surface area contributed by atoms with Crippen LogP contribution in [0.5, 0.6) is 0 Å².